The Labute approximate surface area is 180 Å². The molecule has 4 aromatic rings. The second-order valence-corrected chi connectivity index (χ2v) is 8.17. The van der Waals surface area contributed by atoms with E-state index < -0.39 is 5.91 Å². The number of nitrogens with two attached hydrogens (primary N) is 1. The van der Waals surface area contributed by atoms with Crippen LogP contribution in [-0.2, 0) is 12.8 Å². The number of benzene rings is 3. The van der Waals surface area contributed by atoms with Crippen LogP contribution in [0, 0.1) is 12.7 Å². The molecule has 1 aliphatic rings. The molecule has 0 bridgehead atoms. The number of hydrogen-bond acceptors (Lipinski definition) is 2. The molecule has 0 atom stereocenters. The minimum Gasteiger partial charge on any atom is -0.366 e. The van der Waals surface area contributed by atoms with Gasteiger partial charge in [0.25, 0.3) is 5.91 Å². The first-order valence-electron chi connectivity index (χ1n) is 10.6. The summed E-state index contributed by atoms with van der Waals surface area (Å²) >= 11 is 0. The number of nitrogens with one attached hydrogen (secondary N) is 2. The van der Waals surface area contributed by atoms with Crippen molar-refractivity contribution in [1.29, 1.82) is 0 Å². The third kappa shape index (κ3) is 3.36. The summed E-state index contributed by atoms with van der Waals surface area (Å²) in [6, 6.07) is 16.3. The first-order valence-corrected chi connectivity index (χ1v) is 10.6. The van der Waals surface area contributed by atoms with Gasteiger partial charge in [-0.3, -0.25) is 4.79 Å². The van der Waals surface area contributed by atoms with Crippen LogP contribution >= 0.6 is 0 Å². The first kappa shape index (κ1) is 19.4. The van der Waals surface area contributed by atoms with Crippen LogP contribution in [0.5, 0.6) is 0 Å². The number of aromatic amines is 1. The van der Waals surface area contributed by atoms with E-state index >= 15 is 0 Å². The van der Waals surface area contributed by atoms with E-state index in [1.54, 1.807) is 12.1 Å². The number of carbonyl (C=O) groups excluding carboxylic acids is 1. The zero-order chi connectivity index (χ0) is 21.5. The molecule has 1 amide bonds. The molecular weight excluding hydrogens is 389 g/mol. The summed E-state index contributed by atoms with van der Waals surface area (Å²) in [5.41, 5.74) is 14.6. The summed E-state index contributed by atoms with van der Waals surface area (Å²) in [7, 11) is 0. The quantitative estimate of drug-likeness (QED) is 0.384. The number of carbonyl (C=O) groups is 1. The Morgan fingerprint density at radius 1 is 1.00 bits per heavy atom. The van der Waals surface area contributed by atoms with Crippen molar-refractivity contribution >= 4 is 28.2 Å². The number of halogens is 1. The number of aromatic nitrogens is 1. The summed E-state index contributed by atoms with van der Waals surface area (Å²) in [4.78, 5) is 15.6. The number of H-pyrrole nitrogens is 1. The topological polar surface area (TPSA) is 70.9 Å². The number of anilines is 2. The second-order valence-electron chi connectivity index (χ2n) is 8.17. The van der Waals surface area contributed by atoms with Crippen molar-refractivity contribution in [3.8, 4) is 11.1 Å². The highest BCUT2D eigenvalue weighted by Gasteiger charge is 2.22. The fourth-order valence-corrected chi connectivity index (χ4v) is 4.70. The van der Waals surface area contributed by atoms with Gasteiger partial charge in [0.2, 0.25) is 0 Å². The number of hydrogen-bond donors (Lipinski definition) is 3. The van der Waals surface area contributed by atoms with E-state index in [4.69, 9.17) is 5.73 Å². The fourth-order valence-electron chi connectivity index (χ4n) is 4.70. The van der Waals surface area contributed by atoms with Crippen LogP contribution in [-0.4, -0.2) is 10.9 Å². The number of rotatable bonds is 4. The fraction of sp³-hybridized carbons (Fsp3) is 0.192. The molecule has 3 aromatic carbocycles. The van der Waals surface area contributed by atoms with Gasteiger partial charge in [-0.05, 0) is 91.3 Å². The van der Waals surface area contributed by atoms with Crippen molar-refractivity contribution in [3.63, 3.8) is 0 Å². The van der Waals surface area contributed by atoms with Crippen molar-refractivity contribution in [2.45, 2.75) is 32.6 Å². The molecule has 1 aliphatic carbocycles. The number of fused-ring (bicyclic) bond motifs is 3. The van der Waals surface area contributed by atoms with Gasteiger partial charge in [-0.25, -0.2) is 4.39 Å². The standard InChI is InChI=1S/C26H24FN3O/c1-15-18(6-4-8-22(15)29-17-11-9-16(27)10-12-17)19-13-14-21(26(28)31)25-24(19)20-5-2-3-7-23(20)30-25/h4,6,8-14,29-30H,2-3,5,7H2,1H3,(H2,28,31). The van der Waals surface area contributed by atoms with Crippen LogP contribution < -0.4 is 11.1 Å². The predicted octanol–water partition coefficient (Wildman–Crippen LogP) is 6.00. The Hall–Kier alpha value is -3.60. The zero-order valence-corrected chi connectivity index (χ0v) is 17.4. The van der Waals surface area contributed by atoms with Crippen LogP contribution in [0.1, 0.15) is 40.0 Å². The summed E-state index contributed by atoms with van der Waals surface area (Å²) in [5, 5.41) is 4.50. The average Bonchev–Trinajstić information content (AvgIpc) is 3.16. The maximum absolute atomic E-state index is 13.3. The maximum atomic E-state index is 13.3. The first-order chi connectivity index (χ1) is 15.0. The van der Waals surface area contributed by atoms with Crippen LogP contribution in [0.2, 0.25) is 0 Å². The minimum absolute atomic E-state index is 0.259. The van der Waals surface area contributed by atoms with E-state index in [0.29, 0.717) is 5.56 Å². The van der Waals surface area contributed by atoms with Gasteiger partial charge in [-0.15, -0.1) is 0 Å². The lowest BCUT2D eigenvalue weighted by atomic mass is 9.89. The van der Waals surface area contributed by atoms with E-state index in [1.807, 2.05) is 24.3 Å². The molecule has 156 valence electrons. The highest BCUT2D eigenvalue weighted by atomic mass is 19.1. The number of primary amides is 1. The molecule has 0 spiro atoms. The molecular formula is C26H24FN3O. The van der Waals surface area contributed by atoms with Crippen LogP contribution in [0.25, 0.3) is 22.0 Å². The van der Waals surface area contributed by atoms with Crippen molar-refractivity contribution in [1.82, 2.24) is 4.98 Å². The summed E-state index contributed by atoms with van der Waals surface area (Å²) < 4.78 is 13.3. The molecule has 31 heavy (non-hydrogen) atoms. The Morgan fingerprint density at radius 2 is 1.77 bits per heavy atom. The van der Waals surface area contributed by atoms with Gasteiger partial charge in [0.1, 0.15) is 5.82 Å². The molecule has 0 aliphatic heterocycles. The Morgan fingerprint density at radius 3 is 2.55 bits per heavy atom. The van der Waals surface area contributed by atoms with Gasteiger partial charge < -0.3 is 16.0 Å². The third-order valence-electron chi connectivity index (χ3n) is 6.26. The summed E-state index contributed by atoms with van der Waals surface area (Å²) in [6.07, 6.45) is 4.28. The van der Waals surface area contributed by atoms with E-state index in [-0.39, 0.29) is 5.82 Å². The lowest BCUT2D eigenvalue weighted by Crippen LogP contribution is -2.11. The van der Waals surface area contributed by atoms with Gasteiger partial charge in [0.05, 0.1) is 11.1 Å². The molecule has 4 nitrogen and oxygen atoms in total. The highest BCUT2D eigenvalue weighted by molar-refractivity contribution is 6.11. The molecule has 0 unspecified atom stereocenters. The lowest BCUT2D eigenvalue weighted by Gasteiger charge is -2.17. The van der Waals surface area contributed by atoms with Gasteiger partial charge >= 0.3 is 0 Å². The summed E-state index contributed by atoms with van der Waals surface area (Å²) in [5.74, 6) is -0.677. The Bertz CT molecular complexity index is 1300. The van der Waals surface area contributed by atoms with E-state index in [9.17, 15) is 9.18 Å². The maximum Gasteiger partial charge on any atom is 0.250 e. The van der Waals surface area contributed by atoms with Crippen molar-refractivity contribution in [3.05, 3.63) is 82.8 Å². The highest BCUT2D eigenvalue weighted by Crippen LogP contribution is 2.40. The SMILES string of the molecule is Cc1c(Nc2ccc(F)cc2)cccc1-c1ccc(C(N)=O)c2[nH]c3c(c12)CCCC3. The van der Waals surface area contributed by atoms with Crippen molar-refractivity contribution < 1.29 is 9.18 Å². The van der Waals surface area contributed by atoms with Crippen molar-refractivity contribution in [2.24, 2.45) is 5.73 Å². The normalized spacial score (nSPS) is 13.2. The summed E-state index contributed by atoms with van der Waals surface area (Å²) in [6.45, 7) is 2.08. The second kappa shape index (κ2) is 7.58. The van der Waals surface area contributed by atoms with E-state index in [0.717, 1.165) is 64.7 Å². The Balaban J connectivity index is 1.68. The molecule has 5 rings (SSSR count). The van der Waals surface area contributed by atoms with Crippen LogP contribution in [0.3, 0.4) is 0 Å². The molecule has 0 saturated carbocycles. The lowest BCUT2D eigenvalue weighted by molar-refractivity contribution is 0.100. The smallest absolute Gasteiger partial charge is 0.250 e. The van der Waals surface area contributed by atoms with Crippen LogP contribution in [0.4, 0.5) is 15.8 Å². The molecule has 0 radical (unpaired) electrons. The number of amides is 1. The molecule has 0 saturated heterocycles. The molecule has 0 fully saturated rings. The Kier molecular flexibility index (Phi) is 4.74. The molecule has 4 N–H and O–H groups in total. The van der Waals surface area contributed by atoms with Gasteiger partial charge in [-0.2, -0.15) is 0 Å². The van der Waals surface area contributed by atoms with Gasteiger partial charge in [-0.1, -0.05) is 18.2 Å². The zero-order valence-electron chi connectivity index (χ0n) is 17.4. The largest absolute Gasteiger partial charge is 0.366 e. The van der Waals surface area contributed by atoms with E-state index in [1.165, 1.54) is 23.4 Å². The van der Waals surface area contributed by atoms with E-state index in [2.05, 4.69) is 23.3 Å². The monoisotopic (exact) mass is 413 g/mol. The number of aryl methyl sites for hydroxylation is 2. The molecule has 1 aromatic heterocycles. The van der Waals surface area contributed by atoms with Gasteiger partial charge in [0, 0.05) is 22.5 Å². The van der Waals surface area contributed by atoms with Crippen LogP contribution in [0.15, 0.2) is 54.6 Å². The molecule has 5 heteroatoms. The minimum atomic E-state index is -0.418. The molecule has 1 heterocycles. The van der Waals surface area contributed by atoms with Gasteiger partial charge in [0.15, 0.2) is 0 Å². The average molecular weight is 413 g/mol. The van der Waals surface area contributed by atoms with Crippen molar-refractivity contribution in [2.75, 3.05) is 5.32 Å². The predicted molar refractivity (Wildman–Crippen MR) is 123 cm³/mol. The third-order valence-corrected chi connectivity index (χ3v) is 6.26.